The third-order valence-electron chi connectivity index (χ3n) is 6.23. The lowest BCUT2D eigenvalue weighted by Gasteiger charge is -2.32. The fraction of sp³-hybridized carbons (Fsp3) is 0.310. The van der Waals surface area contributed by atoms with Crippen LogP contribution < -0.4 is 9.62 Å². The van der Waals surface area contributed by atoms with E-state index in [-0.39, 0.29) is 17.3 Å². The Hall–Kier alpha value is -3.65. The molecule has 0 bridgehead atoms. The number of amides is 2. The highest BCUT2D eigenvalue weighted by Gasteiger charge is 2.32. The monoisotopic (exact) mass is 521 g/mol. The number of carbonyl (C=O) groups excluding carboxylic acids is 2. The van der Waals surface area contributed by atoms with Crippen LogP contribution in [0.1, 0.15) is 37.5 Å². The van der Waals surface area contributed by atoms with Crippen molar-refractivity contribution in [2.45, 2.75) is 51.6 Å². The molecule has 0 saturated carbocycles. The number of hydrogen-bond donors (Lipinski definition) is 1. The van der Waals surface area contributed by atoms with Crippen LogP contribution in [-0.4, -0.2) is 44.3 Å². The molecule has 0 unspecified atom stereocenters. The van der Waals surface area contributed by atoms with Crippen LogP contribution in [0, 0.1) is 6.92 Å². The molecule has 3 aromatic carbocycles. The summed E-state index contributed by atoms with van der Waals surface area (Å²) in [7, 11) is -4.05. The summed E-state index contributed by atoms with van der Waals surface area (Å²) in [5.74, 6) is -0.772. The standard InChI is InChI=1S/C29H35N3O4S/c1-5-24-16-18-26(19-17-24)32(37(35,36)27-10-8-7-9-11-27)21-28(33)31(23(4)29(34)30-6-2)20-25-14-12-22(3)13-15-25/h7-19,23H,5-6,20-21H2,1-4H3,(H,30,34)/t23-/m0/s1. The van der Waals surface area contributed by atoms with Crippen LogP contribution in [-0.2, 0) is 32.6 Å². The molecule has 7 nitrogen and oxygen atoms in total. The maximum absolute atomic E-state index is 13.8. The Labute approximate surface area is 220 Å². The highest BCUT2D eigenvalue weighted by Crippen LogP contribution is 2.25. The molecule has 0 fully saturated rings. The second-order valence-corrected chi connectivity index (χ2v) is 10.8. The molecular formula is C29H35N3O4S. The molecule has 3 rings (SSSR count). The van der Waals surface area contributed by atoms with E-state index in [1.807, 2.05) is 57.2 Å². The van der Waals surface area contributed by atoms with E-state index in [1.165, 1.54) is 17.0 Å². The molecule has 0 aromatic heterocycles. The number of hydrogen-bond acceptors (Lipinski definition) is 4. The summed E-state index contributed by atoms with van der Waals surface area (Å²) in [5.41, 5.74) is 3.36. The van der Waals surface area contributed by atoms with Crippen LogP contribution in [0.3, 0.4) is 0 Å². The number of likely N-dealkylation sites (N-methyl/N-ethyl adjacent to an activating group) is 1. The van der Waals surface area contributed by atoms with Gasteiger partial charge < -0.3 is 10.2 Å². The lowest BCUT2D eigenvalue weighted by Crippen LogP contribution is -2.51. The maximum Gasteiger partial charge on any atom is 0.264 e. The quantitative estimate of drug-likeness (QED) is 0.408. The number of anilines is 1. The number of aryl methyl sites for hydroxylation is 2. The van der Waals surface area contributed by atoms with Crippen molar-refractivity contribution in [3.63, 3.8) is 0 Å². The van der Waals surface area contributed by atoms with Crippen LogP contribution in [0.4, 0.5) is 5.69 Å². The molecular weight excluding hydrogens is 486 g/mol. The van der Waals surface area contributed by atoms with E-state index in [0.29, 0.717) is 12.2 Å². The van der Waals surface area contributed by atoms with Crippen molar-refractivity contribution in [2.24, 2.45) is 0 Å². The van der Waals surface area contributed by atoms with E-state index in [0.717, 1.165) is 27.4 Å². The van der Waals surface area contributed by atoms with Crippen LogP contribution in [0.2, 0.25) is 0 Å². The fourth-order valence-corrected chi connectivity index (χ4v) is 5.38. The average molecular weight is 522 g/mol. The van der Waals surface area contributed by atoms with Gasteiger partial charge in [-0.1, -0.05) is 67.1 Å². The predicted octanol–water partition coefficient (Wildman–Crippen LogP) is 4.31. The summed E-state index contributed by atoms with van der Waals surface area (Å²) in [4.78, 5) is 28.1. The van der Waals surface area contributed by atoms with Crippen molar-refractivity contribution < 1.29 is 18.0 Å². The van der Waals surface area contributed by atoms with Gasteiger partial charge in [-0.2, -0.15) is 0 Å². The molecule has 0 aliphatic heterocycles. The summed E-state index contributed by atoms with van der Waals surface area (Å²) >= 11 is 0. The molecule has 0 heterocycles. The first kappa shape index (κ1) is 27.9. The van der Waals surface area contributed by atoms with Crippen molar-refractivity contribution in [3.05, 3.63) is 95.6 Å². The van der Waals surface area contributed by atoms with Gasteiger partial charge in [0, 0.05) is 13.1 Å². The van der Waals surface area contributed by atoms with E-state index in [2.05, 4.69) is 5.32 Å². The zero-order valence-corrected chi connectivity index (χ0v) is 22.7. The summed E-state index contributed by atoms with van der Waals surface area (Å²) < 4.78 is 28.6. The zero-order valence-electron chi connectivity index (χ0n) is 21.8. The first-order valence-corrected chi connectivity index (χ1v) is 13.9. The average Bonchev–Trinajstić information content (AvgIpc) is 2.91. The minimum Gasteiger partial charge on any atom is -0.355 e. The molecule has 0 aliphatic rings. The Morgan fingerprint density at radius 2 is 1.46 bits per heavy atom. The van der Waals surface area contributed by atoms with E-state index in [1.54, 1.807) is 37.3 Å². The lowest BCUT2D eigenvalue weighted by atomic mass is 10.1. The molecule has 196 valence electrons. The summed E-state index contributed by atoms with van der Waals surface area (Å²) in [6.45, 7) is 7.61. The molecule has 0 aliphatic carbocycles. The van der Waals surface area contributed by atoms with Gasteiger partial charge >= 0.3 is 0 Å². The van der Waals surface area contributed by atoms with Crippen molar-refractivity contribution in [1.29, 1.82) is 0 Å². The molecule has 0 spiro atoms. The van der Waals surface area contributed by atoms with E-state index < -0.39 is 28.5 Å². The van der Waals surface area contributed by atoms with Gasteiger partial charge in [0.1, 0.15) is 12.6 Å². The Morgan fingerprint density at radius 3 is 2.03 bits per heavy atom. The first-order chi connectivity index (χ1) is 17.7. The zero-order chi connectivity index (χ0) is 27.0. The van der Waals surface area contributed by atoms with Gasteiger partial charge in [-0.25, -0.2) is 8.42 Å². The minimum atomic E-state index is -4.05. The number of rotatable bonds is 11. The third-order valence-corrected chi connectivity index (χ3v) is 8.02. The van der Waals surface area contributed by atoms with Crippen LogP contribution in [0.5, 0.6) is 0 Å². The van der Waals surface area contributed by atoms with E-state index >= 15 is 0 Å². The SMILES string of the molecule is CCNC(=O)[C@H](C)N(Cc1ccc(C)cc1)C(=O)CN(c1ccc(CC)cc1)S(=O)(=O)c1ccccc1. The largest absolute Gasteiger partial charge is 0.355 e. The van der Waals surface area contributed by atoms with Gasteiger partial charge in [0.25, 0.3) is 10.0 Å². The summed E-state index contributed by atoms with van der Waals surface area (Å²) in [6, 6.07) is 22.1. The molecule has 0 radical (unpaired) electrons. The first-order valence-electron chi connectivity index (χ1n) is 12.5. The molecule has 1 atom stereocenters. The molecule has 2 amide bonds. The molecule has 3 aromatic rings. The molecule has 8 heteroatoms. The van der Waals surface area contributed by atoms with E-state index in [4.69, 9.17) is 0 Å². The Kier molecular flexibility index (Phi) is 9.47. The number of sulfonamides is 1. The van der Waals surface area contributed by atoms with Gasteiger partial charge in [0.05, 0.1) is 10.6 Å². The van der Waals surface area contributed by atoms with Crippen molar-refractivity contribution >= 4 is 27.5 Å². The van der Waals surface area contributed by atoms with Gasteiger partial charge in [0.2, 0.25) is 11.8 Å². The number of nitrogens with one attached hydrogen (secondary N) is 1. The maximum atomic E-state index is 13.8. The van der Waals surface area contributed by atoms with Gasteiger partial charge in [-0.05, 0) is 62.6 Å². The third kappa shape index (κ3) is 6.98. The summed E-state index contributed by atoms with van der Waals surface area (Å²) in [5, 5.41) is 2.76. The van der Waals surface area contributed by atoms with Gasteiger partial charge in [0.15, 0.2) is 0 Å². The normalized spacial score (nSPS) is 12.0. The Morgan fingerprint density at radius 1 is 0.865 bits per heavy atom. The molecule has 1 N–H and O–H groups in total. The second-order valence-electron chi connectivity index (χ2n) is 8.92. The van der Waals surface area contributed by atoms with Crippen LogP contribution >= 0.6 is 0 Å². The van der Waals surface area contributed by atoms with Crippen LogP contribution in [0.25, 0.3) is 0 Å². The van der Waals surface area contributed by atoms with Crippen molar-refractivity contribution in [1.82, 2.24) is 10.2 Å². The fourth-order valence-electron chi connectivity index (χ4n) is 3.94. The highest BCUT2D eigenvalue weighted by molar-refractivity contribution is 7.92. The molecule has 37 heavy (non-hydrogen) atoms. The highest BCUT2D eigenvalue weighted by atomic mass is 32.2. The van der Waals surface area contributed by atoms with Crippen molar-refractivity contribution in [2.75, 3.05) is 17.4 Å². The predicted molar refractivity (Wildman–Crippen MR) is 147 cm³/mol. The number of benzene rings is 3. The number of nitrogens with zero attached hydrogens (tertiary/aromatic N) is 2. The Balaban J connectivity index is 2.01. The topological polar surface area (TPSA) is 86.8 Å². The number of carbonyl (C=O) groups is 2. The second kappa shape index (κ2) is 12.5. The van der Waals surface area contributed by atoms with Gasteiger partial charge in [-0.15, -0.1) is 0 Å². The molecule has 0 saturated heterocycles. The minimum absolute atomic E-state index is 0.0872. The smallest absolute Gasteiger partial charge is 0.264 e. The van der Waals surface area contributed by atoms with Gasteiger partial charge in [-0.3, -0.25) is 13.9 Å². The van der Waals surface area contributed by atoms with Crippen molar-refractivity contribution in [3.8, 4) is 0 Å². The van der Waals surface area contributed by atoms with E-state index in [9.17, 15) is 18.0 Å². The lowest BCUT2D eigenvalue weighted by molar-refractivity contribution is -0.139. The Bertz CT molecular complexity index is 1290. The van der Waals surface area contributed by atoms with Crippen LogP contribution in [0.15, 0.2) is 83.8 Å². The summed E-state index contributed by atoms with van der Waals surface area (Å²) in [6.07, 6.45) is 0.805.